The third kappa shape index (κ3) is 5.25. The summed E-state index contributed by atoms with van der Waals surface area (Å²) < 4.78 is 0. The maximum atomic E-state index is 10.6. The molecule has 0 heterocycles. The van der Waals surface area contributed by atoms with Gasteiger partial charge in [0.25, 0.3) is 0 Å². The number of halogens is 2. The summed E-state index contributed by atoms with van der Waals surface area (Å²) in [6.45, 7) is 2.34. The molecule has 0 amide bonds. The molecule has 100 valence electrons. The van der Waals surface area contributed by atoms with Gasteiger partial charge in [-0.15, -0.1) is 0 Å². The van der Waals surface area contributed by atoms with Gasteiger partial charge in [0.05, 0.1) is 10.0 Å². The monoisotopic (exact) mass is 289 g/mol. The van der Waals surface area contributed by atoms with E-state index in [1.54, 1.807) is 13.0 Å². The van der Waals surface area contributed by atoms with Crippen LogP contribution in [-0.4, -0.2) is 23.7 Å². The molecule has 2 N–H and O–H groups in total. The zero-order valence-electron chi connectivity index (χ0n) is 10.2. The number of carboxylic acids is 1. The molecular weight excluding hydrogens is 273 g/mol. The van der Waals surface area contributed by atoms with Gasteiger partial charge in [0, 0.05) is 0 Å². The second-order valence-electron chi connectivity index (χ2n) is 4.22. The van der Waals surface area contributed by atoms with Crippen LogP contribution in [-0.2, 0) is 11.2 Å². The van der Waals surface area contributed by atoms with Crippen LogP contribution in [0.25, 0.3) is 0 Å². The van der Waals surface area contributed by atoms with Gasteiger partial charge in [0.2, 0.25) is 0 Å². The van der Waals surface area contributed by atoms with Crippen LogP contribution in [0.5, 0.6) is 0 Å². The van der Waals surface area contributed by atoms with Gasteiger partial charge >= 0.3 is 5.97 Å². The number of hydrogen-bond donors (Lipinski definition) is 2. The number of aryl methyl sites for hydroxylation is 1. The molecule has 0 saturated carbocycles. The lowest BCUT2D eigenvalue weighted by molar-refractivity contribution is -0.138. The largest absolute Gasteiger partial charge is 0.480 e. The van der Waals surface area contributed by atoms with Crippen molar-refractivity contribution in [2.75, 3.05) is 6.54 Å². The molecule has 0 aromatic heterocycles. The Morgan fingerprint density at radius 2 is 2.06 bits per heavy atom. The number of benzene rings is 1. The third-order valence-electron chi connectivity index (χ3n) is 2.70. The molecule has 0 aliphatic heterocycles. The zero-order chi connectivity index (χ0) is 13.5. The maximum Gasteiger partial charge on any atom is 0.320 e. The first-order valence-electron chi connectivity index (χ1n) is 5.91. The third-order valence-corrected chi connectivity index (χ3v) is 3.44. The van der Waals surface area contributed by atoms with Crippen molar-refractivity contribution in [3.63, 3.8) is 0 Å². The first-order chi connectivity index (χ1) is 8.50. The Hall–Kier alpha value is -0.770. The number of hydrogen-bond acceptors (Lipinski definition) is 2. The number of unbranched alkanes of at least 4 members (excludes halogenated alkanes) is 1. The first-order valence-corrected chi connectivity index (χ1v) is 6.66. The normalized spacial score (nSPS) is 12.4. The molecule has 0 fully saturated rings. The molecule has 0 radical (unpaired) electrons. The van der Waals surface area contributed by atoms with Gasteiger partial charge in [-0.3, -0.25) is 4.79 Å². The lowest BCUT2D eigenvalue weighted by Crippen LogP contribution is -2.34. The van der Waals surface area contributed by atoms with E-state index < -0.39 is 12.0 Å². The minimum absolute atomic E-state index is 0.491. The fourth-order valence-corrected chi connectivity index (χ4v) is 1.88. The van der Waals surface area contributed by atoms with Crippen LogP contribution in [0.3, 0.4) is 0 Å². The highest BCUT2D eigenvalue weighted by Gasteiger charge is 2.08. The average Bonchev–Trinajstić information content (AvgIpc) is 2.32. The van der Waals surface area contributed by atoms with E-state index in [9.17, 15) is 4.79 Å². The van der Waals surface area contributed by atoms with Crippen LogP contribution in [0, 0.1) is 0 Å². The maximum absolute atomic E-state index is 10.6. The number of carboxylic acid groups (broad SMARTS) is 1. The van der Waals surface area contributed by atoms with E-state index in [1.165, 1.54) is 0 Å². The molecule has 0 saturated heterocycles. The fourth-order valence-electron chi connectivity index (χ4n) is 1.56. The van der Waals surface area contributed by atoms with E-state index in [0.717, 1.165) is 24.8 Å². The van der Waals surface area contributed by atoms with Crippen molar-refractivity contribution in [2.24, 2.45) is 0 Å². The number of rotatable bonds is 7. The van der Waals surface area contributed by atoms with E-state index >= 15 is 0 Å². The van der Waals surface area contributed by atoms with Gasteiger partial charge in [-0.25, -0.2) is 0 Å². The minimum Gasteiger partial charge on any atom is -0.480 e. The zero-order valence-corrected chi connectivity index (χ0v) is 11.8. The molecule has 3 nitrogen and oxygen atoms in total. The molecule has 1 rings (SSSR count). The molecule has 1 aromatic rings. The Bertz CT molecular complexity index is 410. The molecular formula is C13H17Cl2NO2. The fraction of sp³-hybridized carbons (Fsp3) is 0.462. The van der Waals surface area contributed by atoms with Crippen molar-refractivity contribution in [1.82, 2.24) is 5.32 Å². The van der Waals surface area contributed by atoms with Gasteiger partial charge < -0.3 is 10.4 Å². The topological polar surface area (TPSA) is 49.3 Å². The van der Waals surface area contributed by atoms with Crippen LogP contribution in [0.4, 0.5) is 0 Å². The van der Waals surface area contributed by atoms with Gasteiger partial charge in [-0.2, -0.15) is 0 Å². The standard InChI is InChI=1S/C13H17Cl2NO2/c1-9(13(17)18)16-7-3-2-4-10-5-6-11(14)12(15)8-10/h5-6,8-9,16H,2-4,7H2,1H3,(H,17,18)/t9-/m1/s1. The van der Waals surface area contributed by atoms with E-state index in [4.69, 9.17) is 28.3 Å². The minimum atomic E-state index is -0.820. The van der Waals surface area contributed by atoms with Crippen LogP contribution in [0.2, 0.25) is 10.0 Å². The summed E-state index contributed by atoms with van der Waals surface area (Å²) in [7, 11) is 0. The Kier molecular flexibility index (Phi) is 6.47. The van der Waals surface area contributed by atoms with Crippen LogP contribution in [0.15, 0.2) is 18.2 Å². The number of nitrogens with one attached hydrogen (secondary N) is 1. The van der Waals surface area contributed by atoms with Gasteiger partial charge in [-0.05, 0) is 50.4 Å². The highest BCUT2D eigenvalue weighted by Crippen LogP contribution is 2.23. The Morgan fingerprint density at radius 1 is 1.33 bits per heavy atom. The SMILES string of the molecule is C[C@@H](NCCCCc1ccc(Cl)c(Cl)c1)C(=O)O. The summed E-state index contributed by atoms with van der Waals surface area (Å²) in [5, 5.41) is 12.8. The molecule has 0 bridgehead atoms. The van der Waals surface area contributed by atoms with Crippen molar-refractivity contribution in [3.8, 4) is 0 Å². The van der Waals surface area contributed by atoms with Gasteiger partial charge in [0.1, 0.15) is 6.04 Å². The summed E-state index contributed by atoms with van der Waals surface area (Å²) in [5.74, 6) is -0.820. The second-order valence-corrected chi connectivity index (χ2v) is 5.03. The Labute approximate surface area is 117 Å². The summed E-state index contributed by atoms with van der Waals surface area (Å²) in [6.07, 6.45) is 2.83. The Morgan fingerprint density at radius 3 is 2.67 bits per heavy atom. The highest BCUT2D eigenvalue weighted by molar-refractivity contribution is 6.42. The van der Waals surface area contributed by atoms with Crippen molar-refractivity contribution >= 4 is 29.2 Å². The lowest BCUT2D eigenvalue weighted by atomic mass is 10.1. The Balaban J connectivity index is 2.22. The van der Waals surface area contributed by atoms with Crippen molar-refractivity contribution in [1.29, 1.82) is 0 Å². The van der Waals surface area contributed by atoms with E-state index in [1.807, 2.05) is 12.1 Å². The quantitative estimate of drug-likeness (QED) is 0.757. The van der Waals surface area contributed by atoms with E-state index in [2.05, 4.69) is 5.32 Å². The molecule has 1 aromatic carbocycles. The number of aliphatic carboxylic acids is 1. The molecule has 0 aliphatic rings. The molecule has 0 unspecified atom stereocenters. The van der Waals surface area contributed by atoms with E-state index in [0.29, 0.717) is 16.6 Å². The number of carbonyl (C=O) groups is 1. The van der Waals surface area contributed by atoms with E-state index in [-0.39, 0.29) is 0 Å². The van der Waals surface area contributed by atoms with Crippen LogP contribution in [0.1, 0.15) is 25.3 Å². The molecule has 5 heteroatoms. The average molecular weight is 290 g/mol. The summed E-state index contributed by atoms with van der Waals surface area (Å²) in [4.78, 5) is 10.6. The predicted octanol–water partition coefficient (Wildman–Crippen LogP) is 3.38. The molecule has 1 atom stereocenters. The predicted molar refractivity (Wildman–Crippen MR) is 74.5 cm³/mol. The first kappa shape index (κ1) is 15.3. The smallest absolute Gasteiger partial charge is 0.320 e. The van der Waals surface area contributed by atoms with Crippen molar-refractivity contribution in [3.05, 3.63) is 33.8 Å². The summed E-state index contributed by atoms with van der Waals surface area (Å²) >= 11 is 11.8. The van der Waals surface area contributed by atoms with Crippen LogP contribution >= 0.6 is 23.2 Å². The van der Waals surface area contributed by atoms with Crippen LogP contribution < -0.4 is 5.32 Å². The van der Waals surface area contributed by atoms with Crippen molar-refractivity contribution in [2.45, 2.75) is 32.2 Å². The van der Waals surface area contributed by atoms with Gasteiger partial charge in [0.15, 0.2) is 0 Å². The molecule has 18 heavy (non-hydrogen) atoms. The summed E-state index contributed by atoms with van der Waals surface area (Å²) in [6, 6.07) is 5.14. The highest BCUT2D eigenvalue weighted by atomic mass is 35.5. The lowest BCUT2D eigenvalue weighted by Gasteiger charge is -2.08. The molecule has 0 spiro atoms. The van der Waals surface area contributed by atoms with Crippen molar-refractivity contribution < 1.29 is 9.90 Å². The molecule has 0 aliphatic carbocycles. The second kappa shape index (κ2) is 7.62. The van der Waals surface area contributed by atoms with Gasteiger partial charge in [-0.1, -0.05) is 29.3 Å². The summed E-state index contributed by atoms with van der Waals surface area (Å²) in [5.41, 5.74) is 1.15.